The highest BCUT2D eigenvalue weighted by molar-refractivity contribution is 5.94. The van der Waals surface area contributed by atoms with Gasteiger partial charge in [-0.05, 0) is 18.9 Å². The normalized spacial score (nSPS) is 18.4. The van der Waals surface area contributed by atoms with Crippen LogP contribution in [0.3, 0.4) is 0 Å². The van der Waals surface area contributed by atoms with Crippen molar-refractivity contribution in [3.8, 4) is 0 Å². The van der Waals surface area contributed by atoms with Crippen molar-refractivity contribution >= 4 is 17.3 Å². The molecule has 16 heavy (non-hydrogen) atoms. The lowest BCUT2D eigenvalue weighted by Crippen LogP contribution is -2.33. The standard InChI is InChI=1S/C11H12N2O3/c1-7-5-9-3-4-10(13(15)16)6-11(9)12(7)8(2)14/h3-4,6-7H,5H2,1-2H3/t7-/m0/s1. The van der Waals surface area contributed by atoms with E-state index in [4.69, 9.17) is 0 Å². The number of benzene rings is 1. The van der Waals surface area contributed by atoms with E-state index in [0.29, 0.717) is 5.69 Å². The van der Waals surface area contributed by atoms with Crippen LogP contribution in [0.4, 0.5) is 11.4 Å². The van der Waals surface area contributed by atoms with Crippen molar-refractivity contribution in [3.05, 3.63) is 33.9 Å². The van der Waals surface area contributed by atoms with E-state index in [9.17, 15) is 14.9 Å². The number of carbonyl (C=O) groups is 1. The first kappa shape index (κ1) is 10.6. The van der Waals surface area contributed by atoms with Gasteiger partial charge in [0.1, 0.15) is 0 Å². The van der Waals surface area contributed by atoms with Crippen LogP contribution in [0, 0.1) is 10.1 Å². The van der Waals surface area contributed by atoms with E-state index in [1.165, 1.54) is 19.1 Å². The highest BCUT2D eigenvalue weighted by Crippen LogP contribution is 2.34. The van der Waals surface area contributed by atoms with Crippen molar-refractivity contribution in [1.82, 2.24) is 0 Å². The Morgan fingerprint density at radius 3 is 2.81 bits per heavy atom. The maximum absolute atomic E-state index is 11.5. The van der Waals surface area contributed by atoms with Crippen LogP contribution in [-0.4, -0.2) is 16.9 Å². The maximum Gasteiger partial charge on any atom is 0.271 e. The van der Waals surface area contributed by atoms with E-state index < -0.39 is 4.92 Å². The van der Waals surface area contributed by atoms with Gasteiger partial charge in [-0.2, -0.15) is 0 Å². The quantitative estimate of drug-likeness (QED) is 0.536. The number of nitro benzene ring substituents is 1. The molecule has 0 aromatic heterocycles. The van der Waals surface area contributed by atoms with Gasteiger partial charge in [0, 0.05) is 25.1 Å². The van der Waals surface area contributed by atoms with Crippen molar-refractivity contribution in [2.75, 3.05) is 4.90 Å². The predicted octanol–water partition coefficient (Wildman–Crippen LogP) is 1.89. The van der Waals surface area contributed by atoms with Crippen LogP contribution in [0.15, 0.2) is 18.2 Å². The van der Waals surface area contributed by atoms with Crippen LogP contribution in [0.25, 0.3) is 0 Å². The second-order valence-corrected chi connectivity index (χ2v) is 4.01. The lowest BCUT2D eigenvalue weighted by atomic mass is 10.1. The minimum atomic E-state index is -0.443. The molecule has 0 fully saturated rings. The summed E-state index contributed by atoms with van der Waals surface area (Å²) in [5.74, 6) is -0.0771. The minimum absolute atomic E-state index is 0.0269. The van der Waals surface area contributed by atoms with Gasteiger partial charge in [0.2, 0.25) is 5.91 Å². The van der Waals surface area contributed by atoms with Gasteiger partial charge in [-0.1, -0.05) is 6.07 Å². The molecule has 2 rings (SSSR count). The predicted molar refractivity (Wildman–Crippen MR) is 59.4 cm³/mol. The van der Waals surface area contributed by atoms with Gasteiger partial charge in [-0.3, -0.25) is 14.9 Å². The molecule has 5 nitrogen and oxygen atoms in total. The van der Waals surface area contributed by atoms with Gasteiger partial charge < -0.3 is 4.90 Å². The molecule has 0 N–H and O–H groups in total. The third-order valence-electron chi connectivity index (χ3n) is 2.83. The van der Waals surface area contributed by atoms with Crippen molar-refractivity contribution in [2.45, 2.75) is 26.3 Å². The van der Waals surface area contributed by atoms with Crippen LogP contribution >= 0.6 is 0 Å². The second-order valence-electron chi connectivity index (χ2n) is 4.01. The van der Waals surface area contributed by atoms with Crippen LogP contribution in [0.5, 0.6) is 0 Å². The zero-order chi connectivity index (χ0) is 11.9. The third-order valence-corrected chi connectivity index (χ3v) is 2.83. The highest BCUT2D eigenvalue weighted by atomic mass is 16.6. The number of hydrogen-bond acceptors (Lipinski definition) is 3. The molecular formula is C11H12N2O3. The molecule has 0 bridgehead atoms. The Balaban J connectivity index is 2.50. The fourth-order valence-electron chi connectivity index (χ4n) is 2.19. The Hall–Kier alpha value is -1.91. The van der Waals surface area contributed by atoms with Crippen molar-refractivity contribution in [1.29, 1.82) is 0 Å². The van der Waals surface area contributed by atoms with Crippen LogP contribution in [-0.2, 0) is 11.2 Å². The number of nitrogens with zero attached hydrogens (tertiary/aromatic N) is 2. The minimum Gasteiger partial charge on any atom is -0.309 e. The molecule has 1 heterocycles. The van der Waals surface area contributed by atoms with Crippen molar-refractivity contribution in [3.63, 3.8) is 0 Å². The summed E-state index contributed by atoms with van der Waals surface area (Å²) in [6.45, 7) is 3.41. The SMILES string of the molecule is CC(=O)N1c2cc([N+](=O)[O-])ccc2C[C@@H]1C. The number of non-ortho nitro benzene ring substituents is 1. The molecule has 0 radical (unpaired) electrons. The van der Waals surface area contributed by atoms with Gasteiger partial charge >= 0.3 is 0 Å². The van der Waals surface area contributed by atoms with E-state index in [1.54, 1.807) is 11.0 Å². The first-order valence-corrected chi connectivity index (χ1v) is 5.08. The molecule has 1 aromatic carbocycles. The average molecular weight is 220 g/mol. The molecule has 1 atom stereocenters. The summed E-state index contributed by atoms with van der Waals surface area (Å²) in [5, 5.41) is 10.7. The van der Waals surface area contributed by atoms with E-state index in [-0.39, 0.29) is 17.6 Å². The largest absolute Gasteiger partial charge is 0.309 e. The summed E-state index contributed by atoms with van der Waals surface area (Å²) in [6, 6.07) is 4.76. The lowest BCUT2D eigenvalue weighted by Gasteiger charge is -2.20. The summed E-state index contributed by atoms with van der Waals surface area (Å²) >= 11 is 0. The van der Waals surface area contributed by atoms with Crippen molar-refractivity contribution in [2.24, 2.45) is 0 Å². The van der Waals surface area contributed by atoms with Gasteiger partial charge in [0.05, 0.1) is 10.6 Å². The molecule has 5 heteroatoms. The molecule has 0 unspecified atom stereocenters. The maximum atomic E-state index is 11.5. The monoisotopic (exact) mass is 220 g/mol. The smallest absolute Gasteiger partial charge is 0.271 e. The summed E-state index contributed by atoms with van der Waals surface area (Å²) < 4.78 is 0. The summed E-state index contributed by atoms with van der Waals surface area (Å²) in [5.41, 5.74) is 1.70. The third kappa shape index (κ3) is 1.54. The number of amides is 1. The summed E-state index contributed by atoms with van der Waals surface area (Å²) in [4.78, 5) is 23.3. The molecule has 1 aliphatic heterocycles. The van der Waals surface area contributed by atoms with E-state index in [1.807, 2.05) is 6.92 Å². The van der Waals surface area contributed by atoms with Crippen molar-refractivity contribution < 1.29 is 9.72 Å². The zero-order valence-corrected chi connectivity index (χ0v) is 9.14. The molecule has 0 spiro atoms. The van der Waals surface area contributed by atoms with E-state index >= 15 is 0 Å². The fraction of sp³-hybridized carbons (Fsp3) is 0.364. The Bertz CT molecular complexity index is 470. The Labute approximate surface area is 92.8 Å². The van der Waals surface area contributed by atoms with Crippen LogP contribution in [0.1, 0.15) is 19.4 Å². The molecule has 0 saturated carbocycles. The molecule has 1 aliphatic rings. The number of rotatable bonds is 1. The average Bonchev–Trinajstić information content (AvgIpc) is 2.51. The fourth-order valence-corrected chi connectivity index (χ4v) is 2.19. The van der Waals surface area contributed by atoms with Gasteiger partial charge in [0.25, 0.3) is 5.69 Å². The summed E-state index contributed by atoms with van der Waals surface area (Å²) in [7, 11) is 0. The van der Waals surface area contributed by atoms with E-state index in [0.717, 1.165) is 12.0 Å². The molecule has 1 aromatic rings. The molecule has 1 amide bonds. The number of anilines is 1. The zero-order valence-electron chi connectivity index (χ0n) is 9.14. The van der Waals surface area contributed by atoms with Gasteiger partial charge in [0.15, 0.2) is 0 Å². The Kier molecular flexibility index (Phi) is 2.38. The number of hydrogen-bond donors (Lipinski definition) is 0. The number of carbonyl (C=O) groups excluding carboxylic acids is 1. The lowest BCUT2D eigenvalue weighted by molar-refractivity contribution is -0.384. The first-order valence-electron chi connectivity index (χ1n) is 5.08. The molecular weight excluding hydrogens is 208 g/mol. The number of nitro groups is 1. The van der Waals surface area contributed by atoms with E-state index in [2.05, 4.69) is 0 Å². The number of fused-ring (bicyclic) bond motifs is 1. The highest BCUT2D eigenvalue weighted by Gasteiger charge is 2.30. The molecule has 0 aliphatic carbocycles. The van der Waals surface area contributed by atoms with Gasteiger partial charge in [-0.15, -0.1) is 0 Å². The van der Waals surface area contributed by atoms with Crippen LogP contribution in [0.2, 0.25) is 0 Å². The molecule has 84 valence electrons. The van der Waals surface area contributed by atoms with Gasteiger partial charge in [-0.25, -0.2) is 0 Å². The topological polar surface area (TPSA) is 63.5 Å². The first-order chi connectivity index (χ1) is 7.50. The summed E-state index contributed by atoms with van der Waals surface area (Å²) in [6.07, 6.45) is 0.757. The molecule has 0 saturated heterocycles. The van der Waals surface area contributed by atoms with Crippen LogP contribution < -0.4 is 4.90 Å². The Morgan fingerprint density at radius 1 is 1.56 bits per heavy atom. The Morgan fingerprint density at radius 2 is 2.25 bits per heavy atom. The second kappa shape index (κ2) is 3.59.